The van der Waals surface area contributed by atoms with Gasteiger partial charge < -0.3 is 5.73 Å². The molecule has 0 aromatic heterocycles. The van der Waals surface area contributed by atoms with Gasteiger partial charge in [-0.15, -0.1) is 0 Å². The first-order valence-corrected chi connectivity index (χ1v) is 5.23. The molecule has 1 aromatic carbocycles. The highest BCUT2D eigenvalue weighted by atomic mass is 35.5. The van der Waals surface area contributed by atoms with Crippen molar-refractivity contribution >= 4 is 11.6 Å². The molecule has 1 aromatic rings. The molecular weight excluding hydrogens is 201 g/mol. The molecule has 3 heteroatoms. The molecule has 0 amide bonds. The molecule has 0 fully saturated rings. The largest absolute Gasteiger partial charge is 0.324 e. The fourth-order valence-electron chi connectivity index (χ4n) is 1.02. The van der Waals surface area contributed by atoms with E-state index < -0.39 is 0 Å². The SMILES string of the molecule is CC.CCC(N)c1ccc(Cl)cc1F. The van der Waals surface area contributed by atoms with Gasteiger partial charge in [-0.3, -0.25) is 0 Å². The number of rotatable bonds is 2. The number of hydrogen-bond donors (Lipinski definition) is 1. The molecule has 0 heterocycles. The maximum absolute atomic E-state index is 13.1. The zero-order chi connectivity index (χ0) is 11.1. The Balaban J connectivity index is 0.000000791. The second-order valence-corrected chi connectivity index (χ2v) is 3.12. The van der Waals surface area contributed by atoms with Crippen LogP contribution in [-0.2, 0) is 0 Å². The molecule has 1 unspecified atom stereocenters. The lowest BCUT2D eigenvalue weighted by Gasteiger charge is -2.09. The summed E-state index contributed by atoms with van der Waals surface area (Å²) in [7, 11) is 0. The first kappa shape index (κ1) is 13.4. The van der Waals surface area contributed by atoms with E-state index in [1.54, 1.807) is 12.1 Å². The van der Waals surface area contributed by atoms with Gasteiger partial charge in [-0.2, -0.15) is 0 Å². The Labute approximate surface area is 90.1 Å². The molecule has 1 rings (SSSR count). The number of nitrogens with two attached hydrogens (primary N) is 1. The molecule has 0 radical (unpaired) electrons. The van der Waals surface area contributed by atoms with Gasteiger partial charge in [0, 0.05) is 16.6 Å². The van der Waals surface area contributed by atoms with Crippen molar-refractivity contribution in [2.24, 2.45) is 5.73 Å². The second kappa shape index (κ2) is 6.80. The standard InChI is InChI=1S/C9H11ClFN.C2H6/c1-2-9(12)7-4-3-6(10)5-8(7)11;1-2/h3-5,9H,2,12H2,1H3;1-2H3. The minimum atomic E-state index is -0.322. The van der Waals surface area contributed by atoms with E-state index >= 15 is 0 Å². The summed E-state index contributed by atoms with van der Waals surface area (Å²) in [6.07, 6.45) is 0.721. The minimum Gasteiger partial charge on any atom is -0.324 e. The molecule has 0 aliphatic heterocycles. The molecule has 80 valence electrons. The van der Waals surface area contributed by atoms with Crippen molar-refractivity contribution in [3.63, 3.8) is 0 Å². The van der Waals surface area contributed by atoms with Crippen LogP contribution in [0.25, 0.3) is 0 Å². The molecule has 0 saturated carbocycles. The summed E-state index contributed by atoms with van der Waals surface area (Å²) in [5.74, 6) is -0.322. The molecule has 0 saturated heterocycles. The van der Waals surface area contributed by atoms with Crippen molar-refractivity contribution in [3.8, 4) is 0 Å². The van der Waals surface area contributed by atoms with Crippen LogP contribution in [0.2, 0.25) is 5.02 Å². The van der Waals surface area contributed by atoms with E-state index in [0.29, 0.717) is 10.6 Å². The van der Waals surface area contributed by atoms with Crippen molar-refractivity contribution < 1.29 is 4.39 Å². The van der Waals surface area contributed by atoms with Crippen molar-refractivity contribution in [2.75, 3.05) is 0 Å². The molecule has 0 bridgehead atoms. The van der Waals surface area contributed by atoms with Crippen LogP contribution in [0.5, 0.6) is 0 Å². The van der Waals surface area contributed by atoms with Gasteiger partial charge in [0.1, 0.15) is 5.82 Å². The highest BCUT2D eigenvalue weighted by Crippen LogP contribution is 2.20. The smallest absolute Gasteiger partial charge is 0.129 e. The fraction of sp³-hybridized carbons (Fsp3) is 0.455. The summed E-state index contributed by atoms with van der Waals surface area (Å²) in [6.45, 7) is 5.92. The van der Waals surface area contributed by atoms with E-state index in [4.69, 9.17) is 17.3 Å². The minimum absolute atomic E-state index is 0.234. The Kier molecular flexibility index (Phi) is 6.50. The summed E-state index contributed by atoms with van der Waals surface area (Å²) in [5, 5.41) is 0.402. The van der Waals surface area contributed by atoms with Crippen LogP contribution in [0.4, 0.5) is 4.39 Å². The normalized spacial score (nSPS) is 11.6. The number of benzene rings is 1. The summed E-state index contributed by atoms with van der Waals surface area (Å²) in [4.78, 5) is 0. The third-order valence-electron chi connectivity index (χ3n) is 1.80. The van der Waals surface area contributed by atoms with E-state index in [0.717, 1.165) is 6.42 Å². The van der Waals surface area contributed by atoms with Gasteiger partial charge in [-0.1, -0.05) is 38.4 Å². The lowest BCUT2D eigenvalue weighted by molar-refractivity contribution is 0.575. The lowest BCUT2D eigenvalue weighted by atomic mass is 10.1. The van der Waals surface area contributed by atoms with E-state index in [1.807, 2.05) is 20.8 Å². The predicted octanol–water partition coefficient (Wildman–Crippen LogP) is 3.92. The van der Waals surface area contributed by atoms with Gasteiger partial charge in [0.05, 0.1) is 0 Å². The summed E-state index contributed by atoms with van der Waals surface area (Å²) in [6, 6.07) is 4.33. The van der Waals surface area contributed by atoms with Crippen LogP contribution in [0.3, 0.4) is 0 Å². The van der Waals surface area contributed by atoms with Crippen molar-refractivity contribution in [1.29, 1.82) is 0 Å². The van der Waals surface area contributed by atoms with Crippen LogP contribution in [0, 0.1) is 5.82 Å². The summed E-state index contributed by atoms with van der Waals surface area (Å²) < 4.78 is 13.1. The zero-order valence-corrected chi connectivity index (χ0v) is 9.61. The molecule has 14 heavy (non-hydrogen) atoms. The van der Waals surface area contributed by atoms with E-state index in [9.17, 15) is 4.39 Å². The molecule has 0 aliphatic carbocycles. The topological polar surface area (TPSA) is 26.0 Å². The Morgan fingerprint density at radius 3 is 2.43 bits per heavy atom. The zero-order valence-electron chi connectivity index (χ0n) is 8.85. The molecule has 0 spiro atoms. The molecule has 0 aliphatic rings. The number of halogens is 2. The summed E-state index contributed by atoms with van der Waals surface area (Å²) >= 11 is 5.58. The maximum Gasteiger partial charge on any atom is 0.129 e. The third kappa shape index (κ3) is 3.64. The van der Waals surface area contributed by atoms with Gasteiger partial charge in [-0.05, 0) is 18.6 Å². The monoisotopic (exact) mass is 217 g/mol. The quantitative estimate of drug-likeness (QED) is 0.799. The van der Waals surface area contributed by atoms with E-state index in [-0.39, 0.29) is 11.9 Å². The third-order valence-corrected chi connectivity index (χ3v) is 2.04. The van der Waals surface area contributed by atoms with Gasteiger partial charge in [0.25, 0.3) is 0 Å². The summed E-state index contributed by atoms with van der Waals surface area (Å²) in [5.41, 5.74) is 6.19. The van der Waals surface area contributed by atoms with Crippen molar-refractivity contribution in [3.05, 3.63) is 34.6 Å². The van der Waals surface area contributed by atoms with E-state index in [2.05, 4.69) is 0 Å². The lowest BCUT2D eigenvalue weighted by Crippen LogP contribution is -2.10. The van der Waals surface area contributed by atoms with Crippen molar-refractivity contribution in [2.45, 2.75) is 33.2 Å². The Hall–Kier alpha value is -0.600. The van der Waals surface area contributed by atoms with Crippen LogP contribution < -0.4 is 5.73 Å². The Morgan fingerprint density at radius 1 is 1.43 bits per heavy atom. The predicted molar refractivity (Wildman–Crippen MR) is 60.0 cm³/mol. The van der Waals surface area contributed by atoms with E-state index in [1.165, 1.54) is 6.07 Å². The van der Waals surface area contributed by atoms with Gasteiger partial charge in [0.2, 0.25) is 0 Å². The first-order chi connectivity index (χ1) is 6.65. The fourth-order valence-corrected chi connectivity index (χ4v) is 1.18. The molecular formula is C11H17ClFN. The first-order valence-electron chi connectivity index (χ1n) is 4.85. The van der Waals surface area contributed by atoms with Crippen LogP contribution in [0.15, 0.2) is 18.2 Å². The molecule has 1 nitrogen and oxygen atoms in total. The van der Waals surface area contributed by atoms with Gasteiger partial charge in [-0.25, -0.2) is 4.39 Å². The van der Waals surface area contributed by atoms with Crippen molar-refractivity contribution in [1.82, 2.24) is 0 Å². The Morgan fingerprint density at radius 2 is 2.00 bits per heavy atom. The second-order valence-electron chi connectivity index (χ2n) is 2.68. The average Bonchev–Trinajstić information content (AvgIpc) is 2.20. The average molecular weight is 218 g/mol. The van der Waals surface area contributed by atoms with Crippen LogP contribution in [-0.4, -0.2) is 0 Å². The highest BCUT2D eigenvalue weighted by molar-refractivity contribution is 6.30. The number of hydrogen-bond acceptors (Lipinski definition) is 1. The highest BCUT2D eigenvalue weighted by Gasteiger charge is 2.08. The maximum atomic E-state index is 13.1. The van der Waals surface area contributed by atoms with Crippen LogP contribution in [0.1, 0.15) is 38.8 Å². The molecule has 2 N–H and O–H groups in total. The Bertz CT molecular complexity index is 276. The molecule has 1 atom stereocenters. The van der Waals surface area contributed by atoms with Gasteiger partial charge in [0.15, 0.2) is 0 Å². The van der Waals surface area contributed by atoms with Crippen LogP contribution >= 0.6 is 11.6 Å². The van der Waals surface area contributed by atoms with Gasteiger partial charge >= 0.3 is 0 Å².